The Labute approximate surface area is 195 Å². The number of anilines is 1. The standard InChI is InChI=1S/C24H22ClN3OS2/c1-15(2)30-19-6-4-5-18(13-19)23(29)28(14-17-9-11-26-12-10-17)24-27-22-16(3)20(25)7-8-21(22)31-24/h4-13,15H,14H2,1-3H3. The number of aryl methyl sites for hydroxylation is 1. The zero-order chi connectivity index (χ0) is 22.0. The summed E-state index contributed by atoms with van der Waals surface area (Å²) in [6, 6.07) is 15.5. The van der Waals surface area contributed by atoms with E-state index in [4.69, 9.17) is 16.6 Å². The first kappa shape index (κ1) is 21.8. The van der Waals surface area contributed by atoms with Crippen LogP contribution in [0, 0.1) is 6.92 Å². The fourth-order valence-electron chi connectivity index (χ4n) is 3.23. The quantitative estimate of drug-likeness (QED) is 0.286. The van der Waals surface area contributed by atoms with E-state index in [9.17, 15) is 4.79 Å². The first-order valence-corrected chi connectivity index (χ1v) is 12.0. The second kappa shape index (κ2) is 9.39. The molecule has 0 radical (unpaired) electrons. The maximum atomic E-state index is 13.7. The summed E-state index contributed by atoms with van der Waals surface area (Å²) in [6.07, 6.45) is 3.47. The maximum Gasteiger partial charge on any atom is 0.260 e. The maximum absolute atomic E-state index is 13.7. The fraction of sp³-hybridized carbons (Fsp3) is 0.208. The van der Waals surface area contributed by atoms with Gasteiger partial charge in [-0.25, -0.2) is 4.98 Å². The summed E-state index contributed by atoms with van der Waals surface area (Å²) in [5.74, 6) is -0.0779. The molecule has 0 fully saturated rings. The highest BCUT2D eigenvalue weighted by molar-refractivity contribution is 7.99. The lowest BCUT2D eigenvalue weighted by Crippen LogP contribution is -2.30. The molecule has 158 valence electrons. The number of pyridine rings is 1. The average Bonchev–Trinajstić information content (AvgIpc) is 3.19. The van der Waals surface area contributed by atoms with Crippen molar-refractivity contribution in [3.63, 3.8) is 0 Å². The van der Waals surface area contributed by atoms with E-state index in [1.165, 1.54) is 11.3 Å². The minimum atomic E-state index is -0.0779. The highest BCUT2D eigenvalue weighted by Gasteiger charge is 2.23. The van der Waals surface area contributed by atoms with Gasteiger partial charge >= 0.3 is 0 Å². The second-order valence-electron chi connectivity index (χ2n) is 7.46. The number of hydrogen-bond donors (Lipinski definition) is 0. The van der Waals surface area contributed by atoms with Gasteiger partial charge in [0.2, 0.25) is 0 Å². The molecule has 2 aromatic heterocycles. The van der Waals surface area contributed by atoms with Crippen LogP contribution >= 0.6 is 34.7 Å². The van der Waals surface area contributed by atoms with Crippen LogP contribution in [0.1, 0.15) is 35.3 Å². The highest BCUT2D eigenvalue weighted by Crippen LogP contribution is 2.35. The molecule has 0 aliphatic carbocycles. The Hall–Kier alpha value is -2.41. The van der Waals surface area contributed by atoms with Crippen molar-refractivity contribution in [2.75, 3.05) is 4.90 Å². The zero-order valence-electron chi connectivity index (χ0n) is 17.5. The number of rotatable bonds is 6. The SMILES string of the molecule is Cc1c(Cl)ccc2sc(N(Cc3ccncc3)C(=O)c3cccc(SC(C)C)c3)nc12. The molecular formula is C24H22ClN3OS2. The third-order valence-corrected chi connectivity index (χ3v) is 7.21. The number of nitrogens with zero attached hydrogens (tertiary/aromatic N) is 3. The number of thioether (sulfide) groups is 1. The van der Waals surface area contributed by atoms with Crippen molar-refractivity contribution in [1.29, 1.82) is 0 Å². The largest absolute Gasteiger partial charge is 0.279 e. The molecule has 0 saturated heterocycles. The summed E-state index contributed by atoms with van der Waals surface area (Å²) in [5.41, 5.74) is 3.40. The van der Waals surface area contributed by atoms with Gasteiger partial charge in [-0.1, -0.05) is 42.9 Å². The number of halogens is 1. The number of carbonyl (C=O) groups excluding carboxylic acids is 1. The highest BCUT2D eigenvalue weighted by atomic mass is 35.5. The summed E-state index contributed by atoms with van der Waals surface area (Å²) in [6.45, 7) is 6.65. The van der Waals surface area contributed by atoms with Crippen LogP contribution in [0.25, 0.3) is 10.2 Å². The van der Waals surface area contributed by atoms with Crippen LogP contribution in [0.3, 0.4) is 0 Å². The summed E-state index contributed by atoms with van der Waals surface area (Å²) in [4.78, 5) is 25.4. The van der Waals surface area contributed by atoms with E-state index in [1.807, 2.05) is 55.5 Å². The van der Waals surface area contributed by atoms with E-state index in [2.05, 4.69) is 18.8 Å². The van der Waals surface area contributed by atoms with E-state index < -0.39 is 0 Å². The molecule has 0 unspecified atom stereocenters. The summed E-state index contributed by atoms with van der Waals surface area (Å²) >= 11 is 9.54. The molecule has 0 N–H and O–H groups in total. The molecular weight excluding hydrogens is 446 g/mol. The Kier molecular flexibility index (Phi) is 6.60. The molecule has 2 aromatic carbocycles. The Morgan fingerprint density at radius 2 is 1.94 bits per heavy atom. The van der Waals surface area contributed by atoms with Gasteiger partial charge in [0.05, 0.1) is 16.8 Å². The van der Waals surface area contributed by atoms with Crippen molar-refractivity contribution >= 4 is 56.0 Å². The van der Waals surface area contributed by atoms with Crippen LogP contribution in [-0.4, -0.2) is 21.1 Å². The Balaban J connectivity index is 1.76. The predicted molar refractivity (Wildman–Crippen MR) is 132 cm³/mol. The van der Waals surface area contributed by atoms with Crippen molar-refractivity contribution < 1.29 is 4.79 Å². The number of benzene rings is 2. The Bertz CT molecular complexity index is 1220. The third kappa shape index (κ3) is 4.92. The van der Waals surface area contributed by atoms with Crippen LogP contribution in [0.5, 0.6) is 0 Å². The Morgan fingerprint density at radius 3 is 2.68 bits per heavy atom. The summed E-state index contributed by atoms with van der Waals surface area (Å²) < 4.78 is 1.01. The lowest BCUT2D eigenvalue weighted by atomic mass is 10.2. The lowest BCUT2D eigenvalue weighted by Gasteiger charge is -2.20. The lowest BCUT2D eigenvalue weighted by molar-refractivity contribution is 0.0985. The zero-order valence-corrected chi connectivity index (χ0v) is 19.9. The van der Waals surface area contributed by atoms with E-state index >= 15 is 0 Å². The van der Waals surface area contributed by atoms with Gasteiger partial charge in [0.25, 0.3) is 5.91 Å². The predicted octanol–water partition coefficient (Wildman–Crippen LogP) is 7.00. The van der Waals surface area contributed by atoms with Crippen molar-refractivity contribution in [3.8, 4) is 0 Å². The molecule has 7 heteroatoms. The second-order valence-corrected chi connectivity index (χ2v) is 10.5. The molecule has 0 aliphatic rings. The minimum Gasteiger partial charge on any atom is -0.279 e. The third-order valence-electron chi connectivity index (χ3n) is 4.76. The van der Waals surface area contributed by atoms with Crippen molar-refractivity contribution in [2.45, 2.75) is 37.5 Å². The number of thiazole rings is 1. The van der Waals surface area contributed by atoms with Gasteiger partial charge in [0.1, 0.15) is 0 Å². The molecule has 2 heterocycles. The molecule has 1 amide bonds. The number of fused-ring (bicyclic) bond motifs is 1. The van der Waals surface area contributed by atoms with Crippen molar-refractivity contribution in [3.05, 3.63) is 82.6 Å². The number of hydrogen-bond acceptors (Lipinski definition) is 5. The van der Waals surface area contributed by atoms with Gasteiger partial charge in [-0.05, 0) is 60.5 Å². The number of amides is 1. The molecule has 0 atom stereocenters. The van der Waals surface area contributed by atoms with Crippen LogP contribution in [0.15, 0.2) is 65.8 Å². The summed E-state index contributed by atoms with van der Waals surface area (Å²) in [5, 5.41) is 1.77. The number of carbonyl (C=O) groups is 1. The average molecular weight is 468 g/mol. The molecule has 4 nitrogen and oxygen atoms in total. The summed E-state index contributed by atoms with van der Waals surface area (Å²) in [7, 11) is 0. The van der Waals surface area contributed by atoms with Gasteiger partial charge in [-0.3, -0.25) is 14.7 Å². The molecule has 31 heavy (non-hydrogen) atoms. The van der Waals surface area contributed by atoms with Crippen LogP contribution in [-0.2, 0) is 6.54 Å². The van der Waals surface area contributed by atoms with E-state index in [0.29, 0.717) is 27.5 Å². The van der Waals surface area contributed by atoms with E-state index in [-0.39, 0.29) is 5.91 Å². The molecule has 0 aliphatic heterocycles. The smallest absolute Gasteiger partial charge is 0.260 e. The van der Waals surface area contributed by atoms with Gasteiger partial charge in [0.15, 0.2) is 5.13 Å². The van der Waals surface area contributed by atoms with E-state index in [1.54, 1.807) is 29.1 Å². The Morgan fingerprint density at radius 1 is 1.16 bits per heavy atom. The first-order chi connectivity index (χ1) is 14.9. The van der Waals surface area contributed by atoms with Gasteiger partial charge in [-0.15, -0.1) is 11.8 Å². The monoisotopic (exact) mass is 467 g/mol. The van der Waals surface area contributed by atoms with Crippen LogP contribution < -0.4 is 4.90 Å². The van der Waals surface area contributed by atoms with Gasteiger partial charge in [0, 0.05) is 33.1 Å². The van der Waals surface area contributed by atoms with Crippen molar-refractivity contribution in [2.24, 2.45) is 0 Å². The first-order valence-electron chi connectivity index (χ1n) is 9.95. The minimum absolute atomic E-state index is 0.0779. The topological polar surface area (TPSA) is 46.1 Å². The molecule has 0 spiro atoms. The van der Waals surface area contributed by atoms with Crippen LogP contribution in [0.4, 0.5) is 5.13 Å². The molecule has 0 saturated carbocycles. The molecule has 4 aromatic rings. The van der Waals surface area contributed by atoms with Crippen LogP contribution in [0.2, 0.25) is 5.02 Å². The van der Waals surface area contributed by atoms with Gasteiger partial charge in [-0.2, -0.15) is 0 Å². The molecule has 4 rings (SSSR count). The molecule has 0 bridgehead atoms. The number of aromatic nitrogens is 2. The fourth-order valence-corrected chi connectivity index (χ4v) is 5.30. The van der Waals surface area contributed by atoms with Gasteiger partial charge < -0.3 is 0 Å². The van der Waals surface area contributed by atoms with Crippen molar-refractivity contribution in [1.82, 2.24) is 9.97 Å². The normalized spacial score (nSPS) is 11.3. The van der Waals surface area contributed by atoms with E-state index in [0.717, 1.165) is 26.2 Å².